The number of benzene rings is 3. The van der Waals surface area contributed by atoms with E-state index in [1.54, 1.807) is 48.4 Å². The number of amides is 2. The van der Waals surface area contributed by atoms with Gasteiger partial charge in [0.15, 0.2) is 0 Å². The molecule has 1 aliphatic rings. The maximum atomic E-state index is 12.7. The second-order valence-electron chi connectivity index (χ2n) is 8.09. The van der Waals surface area contributed by atoms with Crippen molar-refractivity contribution in [2.24, 2.45) is 5.92 Å². The van der Waals surface area contributed by atoms with Gasteiger partial charge in [-0.1, -0.05) is 17.7 Å². The van der Waals surface area contributed by atoms with Gasteiger partial charge in [0.2, 0.25) is 11.8 Å². The Morgan fingerprint density at radius 3 is 2.18 bits per heavy atom. The minimum absolute atomic E-state index is 0.0767. The molecule has 8 nitrogen and oxygen atoms in total. The quantitative estimate of drug-likeness (QED) is 0.536. The van der Waals surface area contributed by atoms with E-state index >= 15 is 0 Å². The summed E-state index contributed by atoms with van der Waals surface area (Å²) in [6.45, 7) is 2.19. The molecule has 1 atom stereocenters. The van der Waals surface area contributed by atoms with Crippen LogP contribution in [0.2, 0.25) is 0 Å². The van der Waals surface area contributed by atoms with E-state index in [4.69, 9.17) is 4.74 Å². The Balaban J connectivity index is 1.38. The van der Waals surface area contributed by atoms with E-state index in [0.29, 0.717) is 22.8 Å². The first-order valence-corrected chi connectivity index (χ1v) is 12.2. The van der Waals surface area contributed by atoms with Gasteiger partial charge in [-0.3, -0.25) is 14.3 Å². The predicted molar refractivity (Wildman–Crippen MR) is 131 cm³/mol. The third-order valence-corrected chi connectivity index (χ3v) is 7.01. The number of carbonyl (C=O) groups is 2. The third kappa shape index (κ3) is 5.20. The molecule has 3 aromatic rings. The van der Waals surface area contributed by atoms with Gasteiger partial charge < -0.3 is 15.0 Å². The number of nitrogens with zero attached hydrogens (tertiary/aromatic N) is 1. The van der Waals surface area contributed by atoms with Gasteiger partial charge in [-0.15, -0.1) is 0 Å². The lowest BCUT2D eigenvalue weighted by molar-refractivity contribution is -0.122. The van der Waals surface area contributed by atoms with Crippen molar-refractivity contribution < 1.29 is 22.7 Å². The molecule has 0 spiro atoms. The van der Waals surface area contributed by atoms with Crippen LogP contribution in [0.25, 0.3) is 0 Å². The summed E-state index contributed by atoms with van der Waals surface area (Å²) in [7, 11) is -2.19. The molecule has 2 N–H and O–H groups in total. The van der Waals surface area contributed by atoms with Crippen molar-refractivity contribution in [3.63, 3.8) is 0 Å². The molecular weight excluding hydrogens is 454 g/mol. The second-order valence-corrected chi connectivity index (χ2v) is 9.77. The minimum atomic E-state index is -3.76. The number of anilines is 3. The number of nitrogens with one attached hydrogen (secondary N) is 2. The van der Waals surface area contributed by atoms with Crippen molar-refractivity contribution in [2.45, 2.75) is 18.2 Å². The zero-order valence-corrected chi connectivity index (χ0v) is 19.6. The number of ether oxygens (including phenoxy) is 1. The molecule has 34 heavy (non-hydrogen) atoms. The molecule has 4 rings (SSSR count). The molecular formula is C25H25N3O5S. The monoisotopic (exact) mass is 479 g/mol. The number of methoxy groups -OCH3 is 1. The van der Waals surface area contributed by atoms with E-state index in [0.717, 1.165) is 5.56 Å². The maximum absolute atomic E-state index is 12.7. The summed E-state index contributed by atoms with van der Waals surface area (Å²) in [5.41, 5.74) is 2.65. The molecule has 9 heteroatoms. The van der Waals surface area contributed by atoms with Crippen LogP contribution in [0.1, 0.15) is 12.0 Å². The van der Waals surface area contributed by atoms with Gasteiger partial charge in [-0.2, -0.15) is 0 Å². The molecule has 0 radical (unpaired) electrons. The molecule has 0 bridgehead atoms. The van der Waals surface area contributed by atoms with Crippen LogP contribution in [0.4, 0.5) is 17.1 Å². The zero-order valence-electron chi connectivity index (χ0n) is 18.8. The normalized spacial score (nSPS) is 15.8. The minimum Gasteiger partial charge on any atom is -0.497 e. The van der Waals surface area contributed by atoms with E-state index in [2.05, 4.69) is 10.0 Å². The summed E-state index contributed by atoms with van der Waals surface area (Å²) in [4.78, 5) is 26.9. The predicted octanol–water partition coefficient (Wildman–Crippen LogP) is 3.80. The van der Waals surface area contributed by atoms with Crippen LogP contribution in [0.3, 0.4) is 0 Å². The highest BCUT2D eigenvalue weighted by atomic mass is 32.2. The van der Waals surface area contributed by atoms with Crippen LogP contribution in [0, 0.1) is 12.8 Å². The fraction of sp³-hybridized carbons (Fsp3) is 0.200. The fourth-order valence-electron chi connectivity index (χ4n) is 3.69. The van der Waals surface area contributed by atoms with Crippen LogP contribution in [0.5, 0.6) is 5.75 Å². The first-order chi connectivity index (χ1) is 16.2. The number of rotatable bonds is 7. The Morgan fingerprint density at radius 2 is 1.56 bits per heavy atom. The van der Waals surface area contributed by atoms with Crippen molar-refractivity contribution in [3.8, 4) is 5.75 Å². The highest BCUT2D eigenvalue weighted by molar-refractivity contribution is 7.92. The Kier molecular flexibility index (Phi) is 6.56. The summed E-state index contributed by atoms with van der Waals surface area (Å²) in [6, 6.07) is 20.0. The first-order valence-electron chi connectivity index (χ1n) is 10.7. The van der Waals surface area contributed by atoms with E-state index in [1.165, 1.54) is 24.3 Å². The number of sulfonamides is 1. The van der Waals surface area contributed by atoms with Gasteiger partial charge in [-0.25, -0.2) is 8.42 Å². The molecule has 3 aromatic carbocycles. The third-order valence-electron chi connectivity index (χ3n) is 5.62. The van der Waals surface area contributed by atoms with E-state index in [-0.39, 0.29) is 29.7 Å². The lowest BCUT2D eigenvalue weighted by Crippen LogP contribution is -2.28. The zero-order chi connectivity index (χ0) is 24.3. The lowest BCUT2D eigenvalue weighted by atomic mass is 10.1. The van der Waals surface area contributed by atoms with Gasteiger partial charge in [-0.05, 0) is 67.6 Å². The molecule has 1 aliphatic heterocycles. The average molecular weight is 480 g/mol. The SMILES string of the molecule is COc1ccc(N2CC(C(=O)Nc3ccc(S(=O)(=O)Nc4ccc(C)cc4)cc3)CC2=O)cc1. The van der Waals surface area contributed by atoms with Crippen molar-refractivity contribution in [2.75, 3.05) is 28.6 Å². The largest absolute Gasteiger partial charge is 0.497 e. The molecule has 1 fully saturated rings. The maximum Gasteiger partial charge on any atom is 0.261 e. The van der Waals surface area contributed by atoms with Crippen molar-refractivity contribution in [1.29, 1.82) is 0 Å². The van der Waals surface area contributed by atoms with Crippen molar-refractivity contribution in [1.82, 2.24) is 0 Å². The molecule has 1 heterocycles. The molecule has 0 aromatic heterocycles. The molecule has 1 unspecified atom stereocenters. The van der Waals surface area contributed by atoms with E-state index in [9.17, 15) is 18.0 Å². The van der Waals surface area contributed by atoms with Gasteiger partial charge in [0.05, 0.1) is 17.9 Å². The topological polar surface area (TPSA) is 105 Å². The van der Waals surface area contributed by atoms with Crippen LogP contribution in [0.15, 0.2) is 77.7 Å². The summed E-state index contributed by atoms with van der Waals surface area (Å²) < 4.78 is 32.9. The van der Waals surface area contributed by atoms with Gasteiger partial charge in [0, 0.05) is 30.0 Å². The highest BCUT2D eigenvalue weighted by Crippen LogP contribution is 2.28. The molecule has 1 saturated heterocycles. The van der Waals surface area contributed by atoms with Crippen molar-refractivity contribution >= 4 is 38.9 Å². The van der Waals surface area contributed by atoms with Crippen LogP contribution in [-0.2, 0) is 19.6 Å². The lowest BCUT2D eigenvalue weighted by Gasteiger charge is -2.17. The molecule has 2 amide bonds. The standard InChI is InChI=1S/C25H25N3O5S/c1-17-3-5-20(6-4-17)27-34(31,32)23-13-7-19(8-14-23)26-25(30)18-15-24(29)28(16-18)21-9-11-22(33-2)12-10-21/h3-14,18,27H,15-16H2,1-2H3,(H,26,30). The number of carbonyl (C=O) groups excluding carboxylic acids is 2. The Morgan fingerprint density at radius 1 is 0.941 bits per heavy atom. The number of aryl methyl sites for hydroxylation is 1. The summed E-state index contributed by atoms with van der Waals surface area (Å²) in [5, 5.41) is 2.78. The van der Waals surface area contributed by atoms with Crippen LogP contribution in [-0.4, -0.2) is 33.9 Å². The van der Waals surface area contributed by atoms with Crippen LogP contribution < -0.4 is 19.7 Å². The summed E-state index contributed by atoms with van der Waals surface area (Å²) in [5.74, 6) is -0.253. The smallest absolute Gasteiger partial charge is 0.261 e. The Labute approximate surface area is 198 Å². The number of hydrogen-bond acceptors (Lipinski definition) is 5. The summed E-state index contributed by atoms with van der Waals surface area (Å²) in [6.07, 6.45) is 0.102. The van der Waals surface area contributed by atoms with Gasteiger partial charge in [0.1, 0.15) is 5.75 Å². The first kappa shape index (κ1) is 23.3. The fourth-order valence-corrected chi connectivity index (χ4v) is 4.75. The Hall–Kier alpha value is -3.85. The highest BCUT2D eigenvalue weighted by Gasteiger charge is 2.35. The van der Waals surface area contributed by atoms with E-state index in [1.807, 2.05) is 19.1 Å². The summed E-state index contributed by atoms with van der Waals surface area (Å²) >= 11 is 0. The van der Waals surface area contributed by atoms with Gasteiger partial charge >= 0.3 is 0 Å². The number of hydrogen-bond donors (Lipinski definition) is 2. The molecule has 176 valence electrons. The van der Waals surface area contributed by atoms with Gasteiger partial charge in [0.25, 0.3) is 10.0 Å². The Bertz CT molecular complexity index is 1290. The van der Waals surface area contributed by atoms with Crippen molar-refractivity contribution in [3.05, 3.63) is 78.4 Å². The molecule has 0 aliphatic carbocycles. The molecule has 0 saturated carbocycles. The average Bonchev–Trinajstić information content (AvgIpc) is 3.22. The van der Waals surface area contributed by atoms with Crippen LogP contribution >= 0.6 is 0 Å². The van der Waals surface area contributed by atoms with E-state index < -0.39 is 15.9 Å². The second kappa shape index (κ2) is 9.56.